The number of benzene rings is 2. The number of hydrogen-bond donors (Lipinski definition) is 1. The summed E-state index contributed by atoms with van der Waals surface area (Å²) in [6, 6.07) is 12.0. The molecule has 0 aliphatic carbocycles. The Labute approximate surface area is 175 Å². The number of sulfonamides is 1. The van der Waals surface area contributed by atoms with Gasteiger partial charge in [0.2, 0.25) is 10.0 Å². The van der Waals surface area contributed by atoms with Gasteiger partial charge in [-0.25, -0.2) is 13.1 Å². The molecule has 2 rings (SSSR count). The van der Waals surface area contributed by atoms with Crippen molar-refractivity contribution in [3.63, 3.8) is 0 Å². The fourth-order valence-electron chi connectivity index (χ4n) is 2.65. The molecule has 2 aromatic rings. The Morgan fingerprint density at radius 3 is 2.39 bits per heavy atom. The van der Waals surface area contributed by atoms with E-state index in [0.29, 0.717) is 6.54 Å². The van der Waals surface area contributed by atoms with Crippen molar-refractivity contribution >= 4 is 31.9 Å². The molecule has 0 spiro atoms. The SMILES string of the molecule is COc1ccc(C(=O)N(C)Cc2ccccc2Br)cc1S(=O)(=O)NC(C)(C)C. The van der Waals surface area contributed by atoms with Crippen molar-refractivity contribution in [1.82, 2.24) is 9.62 Å². The van der Waals surface area contributed by atoms with E-state index in [9.17, 15) is 13.2 Å². The molecular weight excluding hydrogens is 444 g/mol. The van der Waals surface area contributed by atoms with E-state index in [1.807, 2.05) is 24.3 Å². The summed E-state index contributed by atoms with van der Waals surface area (Å²) in [5, 5.41) is 0. The van der Waals surface area contributed by atoms with Crippen LogP contribution in [0.3, 0.4) is 0 Å². The number of ether oxygens (including phenoxy) is 1. The average Bonchev–Trinajstić information content (AvgIpc) is 2.60. The zero-order chi connectivity index (χ0) is 21.1. The van der Waals surface area contributed by atoms with Gasteiger partial charge in [-0.1, -0.05) is 34.1 Å². The predicted molar refractivity (Wildman–Crippen MR) is 113 cm³/mol. The first-order valence-corrected chi connectivity index (χ1v) is 10.9. The first-order valence-electron chi connectivity index (χ1n) is 8.65. The molecule has 6 nitrogen and oxygen atoms in total. The fourth-order valence-corrected chi connectivity index (χ4v) is 4.68. The van der Waals surface area contributed by atoms with Gasteiger partial charge in [0.25, 0.3) is 5.91 Å². The number of methoxy groups -OCH3 is 1. The van der Waals surface area contributed by atoms with Gasteiger partial charge >= 0.3 is 0 Å². The molecule has 0 unspecified atom stereocenters. The number of rotatable bonds is 6. The molecule has 2 aromatic carbocycles. The fraction of sp³-hybridized carbons (Fsp3) is 0.350. The molecule has 0 bridgehead atoms. The van der Waals surface area contributed by atoms with Gasteiger partial charge in [0, 0.05) is 29.2 Å². The summed E-state index contributed by atoms with van der Waals surface area (Å²) in [6.45, 7) is 5.63. The lowest BCUT2D eigenvalue weighted by Gasteiger charge is -2.22. The van der Waals surface area contributed by atoms with E-state index in [0.717, 1.165) is 10.0 Å². The van der Waals surface area contributed by atoms with E-state index in [2.05, 4.69) is 20.7 Å². The third kappa shape index (κ3) is 5.56. The number of carbonyl (C=O) groups excluding carboxylic acids is 1. The number of nitrogens with one attached hydrogen (secondary N) is 1. The summed E-state index contributed by atoms with van der Waals surface area (Å²) in [5.41, 5.74) is 0.555. The van der Waals surface area contributed by atoms with Crippen LogP contribution in [0.2, 0.25) is 0 Å². The Hall–Kier alpha value is -1.90. The maximum Gasteiger partial charge on any atom is 0.253 e. The summed E-state index contributed by atoms with van der Waals surface area (Å²) < 4.78 is 34.3. The summed E-state index contributed by atoms with van der Waals surface area (Å²) in [7, 11) is -0.792. The predicted octanol–water partition coefficient (Wildman–Crippen LogP) is 3.81. The molecular formula is C20H25BrN2O4S. The van der Waals surface area contributed by atoms with Crippen LogP contribution < -0.4 is 9.46 Å². The van der Waals surface area contributed by atoms with Crippen molar-refractivity contribution in [3.8, 4) is 5.75 Å². The summed E-state index contributed by atoms with van der Waals surface area (Å²) in [6.07, 6.45) is 0. The Balaban J connectivity index is 2.36. The van der Waals surface area contributed by atoms with Crippen LogP contribution in [0.15, 0.2) is 51.8 Å². The average molecular weight is 469 g/mol. The van der Waals surface area contributed by atoms with Crippen LogP contribution in [0.1, 0.15) is 36.7 Å². The highest BCUT2D eigenvalue weighted by molar-refractivity contribution is 9.10. The van der Waals surface area contributed by atoms with Gasteiger partial charge in [-0.15, -0.1) is 0 Å². The van der Waals surface area contributed by atoms with E-state index in [1.54, 1.807) is 33.9 Å². The molecule has 0 radical (unpaired) electrons. The van der Waals surface area contributed by atoms with Crippen LogP contribution in [0.5, 0.6) is 5.75 Å². The Morgan fingerprint density at radius 1 is 1.18 bits per heavy atom. The van der Waals surface area contributed by atoms with Crippen molar-refractivity contribution in [3.05, 3.63) is 58.1 Å². The standard InChI is InChI=1S/C20H25BrN2O4S/c1-20(2,3)22-28(25,26)18-12-14(10-11-17(18)27-5)19(24)23(4)13-15-8-6-7-9-16(15)21/h6-12,22H,13H2,1-5H3. The van der Waals surface area contributed by atoms with Gasteiger partial charge < -0.3 is 9.64 Å². The Morgan fingerprint density at radius 2 is 1.82 bits per heavy atom. The minimum absolute atomic E-state index is 0.0648. The number of nitrogens with zero attached hydrogens (tertiary/aromatic N) is 1. The van der Waals surface area contributed by atoms with Crippen LogP contribution in [-0.4, -0.2) is 38.9 Å². The number of carbonyl (C=O) groups is 1. The summed E-state index contributed by atoms with van der Waals surface area (Å²) in [4.78, 5) is 14.4. The van der Waals surface area contributed by atoms with Gasteiger partial charge in [-0.3, -0.25) is 4.79 Å². The van der Waals surface area contributed by atoms with E-state index in [-0.39, 0.29) is 22.1 Å². The lowest BCUT2D eigenvalue weighted by Crippen LogP contribution is -2.40. The zero-order valence-corrected chi connectivity index (χ0v) is 19.0. The van der Waals surface area contributed by atoms with Gasteiger partial charge in [-0.2, -0.15) is 0 Å². The van der Waals surface area contributed by atoms with E-state index in [4.69, 9.17) is 4.74 Å². The van der Waals surface area contributed by atoms with Gasteiger partial charge in [0.05, 0.1) is 7.11 Å². The molecule has 0 saturated carbocycles. The molecule has 0 aromatic heterocycles. The highest BCUT2D eigenvalue weighted by atomic mass is 79.9. The first kappa shape index (κ1) is 22.4. The van der Waals surface area contributed by atoms with Crippen LogP contribution >= 0.6 is 15.9 Å². The second kappa shape index (κ2) is 8.63. The molecule has 0 fully saturated rings. The molecule has 0 aliphatic rings. The second-order valence-corrected chi connectivity index (χ2v) is 9.98. The minimum Gasteiger partial charge on any atom is -0.495 e. The second-order valence-electron chi connectivity index (χ2n) is 7.47. The quantitative estimate of drug-likeness (QED) is 0.699. The Bertz CT molecular complexity index is 968. The van der Waals surface area contributed by atoms with Crippen molar-refractivity contribution in [2.45, 2.75) is 37.8 Å². The normalized spacial score (nSPS) is 11.9. The van der Waals surface area contributed by atoms with E-state index >= 15 is 0 Å². The topological polar surface area (TPSA) is 75.7 Å². The summed E-state index contributed by atoms with van der Waals surface area (Å²) in [5.74, 6) is -0.104. The third-order valence-corrected chi connectivity index (χ3v) is 6.41. The monoisotopic (exact) mass is 468 g/mol. The molecule has 1 amide bonds. The maximum atomic E-state index is 12.9. The molecule has 28 heavy (non-hydrogen) atoms. The maximum absolute atomic E-state index is 12.9. The minimum atomic E-state index is -3.86. The van der Waals surface area contributed by atoms with Gasteiger partial charge in [0.15, 0.2) is 0 Å². The molecule has 0 aliphatic heterocycles. The lowest BCUT2D eigenvalue weighted by molar-refractivity contribution is 0.0784. The molecule has 1 N–H and O–H groups in total. The Kier molecular flexibility index (Phi) is 6.90. The largest absolute Gasteiger partial charge is 0.495 e. The first-order chi connectivity index (χ1) is 12.9. The number of halogens is 1. The number of amides is 1. The van der Waals surface area contributed by atoms with Crippen LogP contribution in [0.4, 0.5) is 0 Å². The molecule has 8 heteroatoms. The molecule has 0 atom stereocenters. The lowest BCUT2D eigenvalue weighted by atomic mass is 10.1. The van der Waals surface area contributed by atoms with Crippen molar-refractivity contribution in [2.24, 2.45) is 0 Å². The van der Waals surface area contributed by atoms with Crippen LogP contribution in [-0.2, 0) is 16.6 Å². The molecule has 152 valence electrons. The van der Waals surface area contributed by atoms with Crippen molar-refractivity contribution in [2.75, 3.05) is 14.2 Å². The summed E-state index contributed by atoms with van der Waals surface area (Å²) >= 11 is 3.47. The highest BCUT2D eigenvalue weighted by Crippen LogP contribution is 2.27. The van der Waals surface area contributed by atoms with E-state index < -0.39 is 15.6 Å². The van der Waals surface area contributed by atoms with Crippen molar-refractivity contribution in [1.29, 1.82) is 0 Å². The van der Waals surface area contributed by atoms with Gasteiger partial charge in [0.1, 0.15) is 10.6 Å². The van der Waals surface area contributed by atoms with Crippen LogP contribution in [0.25, 0.3) is 0 Å². The molecule has 0 saturated heterocycles. The zero-order valence-electron chi connectivity index (χ0n) is 16.6. The highest BCUT2D eigenvalue weighted by Gasteiger charge is 2.27. The van der Waals surface area contributed by atoms with Crippen LogP contribution in [0, 0.1) is 0 Å². The molecule has 0 heterocycles. The van der Waals surface area contributed by atoms with E-state index in [1.165, 1.54) is 24.1 Å². The van der Waals surface area contributed by atoms with Gasteiger partial charge in [-0.05, 0) is 50.6 Å². The third-order valence-electron chi connectivity index (χ3n) is 3.85. The van der Waals surface area contributed by atoms with Crippen molar-refractivity contribution < 1.29 is 17.9 Å². The smallest absolute Gasteiger partial charge is 0.253 e. The number of hydrogen-bond acceptors (Lipinski definition) is 4.